The Kier molecular flexibility index (Phi) is 5.27. The third kappa shape index (κ3) is 3.76. The number of methoxy groups -OCH3 is 1. The predicted octanol–water partition coefficient (Wildman–Crippen LogP) is 1.70. The first-order valence-electron chi connectivity index (χ1n) is 6.89. The third-order valence-corrected chi connectivity index (χ3v) is 5.82. The Hall–Kier alpha value is -0.660. The van der Waals surface area contributed by atoms with Crippen LogP contribution in [0.5, 0.6) is 0 Å². The maximum Gasteiger partial charge on any atom is 0.240 e. The highest BCUT2D eigenvalue weighted by atomic mass is 35.5. The molecule has 7 heteroatoms. The van der Waals surface area contributed by atoms with Crippen molar-refractivity contribution >= 4 is 21.6 Å². The highest BCUT2D eigenvalue weighted by Gasteiger charge is 2.35. The highest BCUT2D eigenvalue weighted by Crippen LogP contribution is 2.24. The normalized spacial score (nSPS) is 22.6. The largest absolute Gasteiger partial charge is 0.383 e. The van der Waals surface area contributed by atoms with Crippen molar-refractivity contribution in [2.75, 3.05) is 26.8 Å². The lowest BCUT2D eigenvalue weighted by Crippen LogP contribution is -2.52. The summed E-state index contributed by atoms with van der Waals surface area (Å²) >= 11 is 6.00. The second-order valence-electron chi connectivity index (χ2n) is 5.43. The molecule has 5 nitrogen and oxygen atoms in total. The number of halogens is 1. The zero-order valence-electron chi connectivity index (χ0n) is 12.3. The number of sulfonamides is 1. The average Bonchev–Trinajstić information content (AvgIpc) is 2.89. The molecule has 1 aromatic rings. The van der Waals surface area contributed by atoms with Crippen molar-refractivity contribution in [3.63, 3.8) is 0 Å². The van der Waals surface area contributed by atoms with Gasteiger partial charge in [0, 0.05) is 18.7 Å². The molecule has 0 radical (unpaired) electrons. The second-order valence-corrected chi connectivity index (χ2v) is 7.57. The van der Waals surface area contributed by atoms with E-state index in [1.54, 1.807) is 32.2 Å². The zero-order chi connectivity index (χ0) is 15.5. The first-order valence-corrected chi connectivity index (χ1v) is 8.75. The molecule has 1 atom stereocenters. The molecule has 1 aromatic carbocycles. The molecule has 0 bridgehead atoms. The molecule has 118 valence electrons. The molecule has 0 amide bonds. The molecule has 21 heavy (non-hydrogen) atoms. The van der Waals surface area contributed by atoms with E-state index < -0.39 is 10.0 Å². The van der Waals surface area contributed by atoms with Crippen molar-refractivity contribution in [1.82, 2.24) is 10.0 Å². The van der Waals surface area contributed by atoms with Crippen LogP contribution in [-0.2, 0) is 14.8 Å². The molecule has 1 aliphatic heterocycles. The van der Waals surface area contributed by atoms with Crippen LogP contribution < -0.4 is 10.0 Å². The van der Waals surface area contributed by atoms with Crippen molar-refractivity contribution in [2.24, 2.45) is 0 Å². The van der Waals surface area contributed by atoms with E-state index in [4.69, 9.17) is 16.3 Å². The first-order chi connectivity index (χ1) is 9.90. The van der Waals surface area contributed by atoms with Crippen molar-refractivity contribution in [1.29, 1.82) is 0 Å². The fraction of sp³-hybridized carbons (Fsp3) is 0.571. The van der Waals surface area contributed by atoms with Crippen LogP contribution in [0.2, 0.25) is 5.02 Å². The van der Waals surface area contributed by atoms with E-state index >= 15 is 0 Å². The summed E-state index contributed by atoms with van der Waals surface area (Å²) in [6.07, 6.45) is 1.90. The third-order valence-electron chi connectivity index (χ3n) is 3.86. The summed E-state index contributed by atoms with van der Waals surface area (Å²) < 4.78 is 32.8. The van der Waals surface area contributed by atoms with Gasteiger partial charge in [0.25, 0.3) is 0 Å². The van der Waals surface area contributed by atoms with Gasteiger partial charge >= 0.3 is 0 Å². The van der Waals surface area contributed by atoms with Crippen molar-refractivity contribution < 1.29 is 13.2 Å². The lowest BCUT2D eigenvalue weighted by Gasteiger charge is -2.29. The van der Waals surface area contributed by atoms with Gasteiger partial charge in [-0.2, -0.15) is 0 Å². The standard InChI is InChI=1S/C14H21ClN2O3S/c1-11-12(15)5-3-6-13(11)21(18,19)17-9-14(10-20-2)7-4-8-16-14/h3,5-6,16-17H,4,7-10H2,1-2H3. The molecular formula is C14H21ClN2O3S. The van der Waals surface area contributed by atoms with E-state index in [1.165, 1.54) is 0 Å². The van der Waals surface area contributed by atoms with Crippen LogP contribution in [-0.4, -0.2) is 40.8 Å². The Balaban J connectivity index is 2.16. The number of hydrogen-bond donors (Lipinski definition) is 2. The molecule has 0 aliphatic carbocycles. The minimum absolute atomic E-state index is 0.223. The fourth-order valence-corrected chi connectivity index (χ4v) is 4.28. The fourth-order valence-electron chi connectivity index (χ4n) is 2.66. The first kappa shape index (κ1) is 16.7. The van der Waals surface area contributed by atoms with Crippen LogP contribution in [0, 0.1) is 6.92 Å². The van der Waals surface area contributed by atoms with Gasteiger partial charge in [-0.25, -0.2) is 13.1 Å². The molecule has 1 heterocycles. The highest BCUT2D eigenvalue weighted by molar-refractivity contribution is 7.89. The summed E-state index contributed by atoms with van der Waals surface area (Å²) in [4.78, 5) is 0.223. The quantitative estimate of drug-likeness (QED) is 0.832. The van der Waals surface area contributed by atoms with Crippen LogP contribution in [0.4, 0.5) is 0 Å². The van der Waals surface area contributed by atoms with Gasteiger partial charge in [0.1, 0.15) is 0 Å². The molecule has 0 spiro atoms. The van der Waals surface area contributed by atoms with Crippen LogP contribution in [0.25, 0.3) is 0 Å². The molecule has 1 saturated heterocycles. The van der Waals surface area contributed by atoms with Crippen LogP contribution >= 0.6 is 11.6 Å². The molecular weight excluding hydrogens is 312 g/mol. The van der Waals surface area contributed by atoms with Crippen molar-refractivity contribution in [2.45, 2.75) is 30.2 Å². The van der Waals surface area contributed by atoms with E-state index in [0.717, 1.165) is 19.4 Å². The van der Waals surface area contributed by atoms with Crippen LogP contribution in [0.3, 0.4) is 0 Å². The molecule has 2 rings (SSSR count). The summed E-state index contributed by atoms with van der Waals surface area (Å²) in [6, 6.07) is 4.89. The smallest absolute Gasteiger partial charge is 0.240 e. The Morgan fingerprint density at radius 1 is 1.48 bits per heavy atom. The molecule has 2 N–H and O–H groups in total. The van der Waals surface area contributed by atoms with Gasteiger partial charge < -0.3 is 10.1 Å². The number of nitrogens with one attached hydrogen (secondary N) is 2. The lowest BCUT2D eigenvalue weighted by atomic mass is 9.99. The minimum atomic E-state index is -3.59. The maximum absolute atomic E-state index is 12.5. The number of rotatable bonds is 6. The van der Waals surface area contributed by atoms with Gasteiger partial charge in [0.15, 0.2) is 0 Å². The van der Waals surface area contributed by atoms with Crippen LogP contribution in [0.1, 0.15) is 18.4 Å². The minimum Gasteiger partial charge on any atom is -0.383 e. The Labute approximate surface area is 131 Å². The average molecular weight is 333 g/mol. The Morgan fingerprint density at radius 3 is 2.86 bits per heavy atom. The monoisotopic (exact) mass is 332 g/mol. The molecule has 0 saturated carbocycles. The number of benzene rings is 1. The predicted molar refractivity (Wildman–Crippen MR) is 83.2 cm³/mol. The Bertz CT molecular complexity index is 598. The van der Waals surface area contributed by atoms with E-state index in [-0.39, 0.29) is 10.4 Å². The van der Waals surface area contributed by atoms with Gasteiger partial charge in [-0.1, -0.05) is 17.7 Å². The second kappa shape index (κ2) is 6.62. The van der Waals surface area contributed by atoms with E-state index in [2.05, 4.69) is 10.0 Å². The van der Waals surface area contributed by atoms with Gasteiger partial charge in [-0.3, -0.25) is 0 Å². The van der Waals surface area contributed by atoms with Crippen molar-refractivity contribution in [3.8, 4) is 0 Å². The molecule has 1 fully saturated rings. The topological polar surface area (TPSA) is 67.4 Å². The summed E-state index contributed by atoms with van der Waals surface area (Å²) in [5.41, 5.74) is 0.237. The van der Waals surface area contributed by atoms with E-state index in [9.17, 15) is 8.42 Å². The lowest BCUT2D eigenvalue weighted by molar-refractivity contribution is 0.122. The van der Waals surface area contributed by atoms with E-state index in [0.29, 0.717) is 23.7 Å². The summed E-state index contributed by atoms with van der Waals surface area (Å²) in [5.74, 6) is 0. The molecule has 1 unspecified atom stereocenters. The number of ether oxygens (including phenoxy) is 1. The van der Waals surface area contributed by atoms with E-state index in [1.807, 2.05) is 0 Å². The van der Waals surface area contributed by atoms with Gasteiger partial charge in [-0.15, -0.1) is 0 Å². The summed E-state index contributed by atoms with van der Waals surface area (Å²) in [7, 11) is -1.96. The summed E-state index contributed by atoms with van der Waals surface area (Å²) in [5, 5.41) is 3.79. The molecule has 0 aromatic heterocycles. The maximum atomic E-state index is 12.5. The Morgan fingerprint density at radius 2 is 2.24 bits per heavy atom. The molecule has 1 aliphatic rings. The van der Waals surface area contributed by atoms with Gasteiger partial charge in [-0.05, 0) is 44.0 Å². The zero-order valence-corrected chi connectivity index (χ0v) is 13.9. The van der Waals surface area contributed by atoms with Crippen molar-refractivity contribution in [3.05, 3.63) is 28.8 Å². The van der Waals surface area contributed by atoms with Gasteiger partial charge in [0.05, 0.1) is 17.0 Å². The van der Waals surface area contributed by atoms with Gasteiger partial charge in [0.2, 0.25) is 10.0 Å². The summed E-state index contributed by atoms with van der Waals surface area (Å²) in [6.45, 7) is 3.36. The number of hydrogen-bond acceptors (Lipinski definition) is 4. The SMILES string of the molecule is COCC1(CNS(=O)(=O)c2cccc(Cl)c2C)CCCN1. The van der Waals surface area contributed by atoms with Crippen LogP contribution in [0.15, 0.2) is 23.1 Å².